The van der Waals surface area contributed by atoms with Gasteiger partial charge in [0, 0.05) is 40.1 Å². The molecule has 0 saturated heterocycles. The molecule has 7 heteroatoms. The van der Waals surface area contributed by atoms with Crippen molar-refractivity contribution in [2.45, 2.75) is 12.5 Å². The first-order chi connectivity index (χ1) is 15.6. The maximum atomic E-state index is 10.3. The lowest BCUT2D eigenvalue weighted by Crippen LogP contribution is -2.31. The normalized spacial score (nSPS) is 12.3. The highest BCUT2D eigenvalue weighted by Crippen LogP contribution is 2.32. The number of aromatic nitrogens is 3. The first-order valence-corrected chi connectivity index (χ1v) is 10.8. The van der Waals surface area contributed by atoms with E-state index in [1.54, 1.807) is 18.2 Å². The second-order valence-electron chi connectivity index (χ2n) is 7.78. The number of nitrogens with two attached hydrogens (primary N) is 1. The summed E-state index contributed by atoms with van der Waals surface area (Å²) in [6.45, 7) is 0.529. The van der Waals surface area contributed by atoms with Crippen molar-refractivity contribution in [1.82, 2.24) is 15.0 Å². The number of anilines is 1. The van der Waals surface area contributed by atoms with Crippen molar-refractivity contribution in [2.75, 3.05) is 11.9 Å². The van der Waals surface area contributed by atoms with E-state index in [0.717, 1.165) is 22.8 Å². The summed E-state index contributed by atoms with van der Waals surface area (Å²) >= 11 is 6.14. The van der Waals surface area contributed by atoms with E-state index >= 15 is 0 Å². The lowest BCUT2D eigenvalue weighted by Gasteiger charge is -2.15. The van der Waals surface area contributed by atoms with Crippen LogP contribution in [0.1, 0.15) is 5.56 Å². The summed E-state index contributed by atoms with van der Waals surface area (Å²) in [6, 6.07) is 20.7. The summed E-state index contributed by atoms with van der Waals surface area (Å²) in [5.41, 5.74) is 10.0. The molecule has 0 saturated carbocycles. The van der Waals surface area contributed by atoms with Gasteiger partial charge in [-0.25, -0.2) is 9.97 Å². The Bertz CT molecular complexity index is 1410. The number of halogens is 1. The average Bonchev–Trinajstić information content (AvgIpc) is 3.21. The van der Waals surface area contributed by atoms with Gasteiger partial charge in [-0.3, -0.25) is 0 Å². The van der Waals surface area contributed by atoms with E-state index < -0.39 is 0 Å². The topological polar surface area (TPSA) is 99.8 Å². The van der Waals surface area contributed by atoms with Crippen LogP contribution in [0, 0.1) is 0 Å². The molecule has 0 unspecified atom stereocenters. The molecule has 0 bridgehead atoms. The van der Waals surface area contributed by atoms with Crippen LogP contribution in [0.2, 0.25) is 5.02 Å². The molecule has 2 heterocycles. The van der Waals surface area contributed by atoms with Crippen LogP contribution in [0.4, 0.5) is 5.82 Å². The zero-order valence-corrected chi connectivity index (χ0v) is 18.0. The minimum absolute atomic E-state index is 0.0756. The van der Waals surface area contributed by atoms with Gasteiger partial charge in [0.25, 0.3) is 0 Å². The highest BCUT2D eigenvalue weighted by Gasteiger charge is 2.14. The number of nitrogens with zero attached hydrogens (tertiary/aromatic N) is 2. The van der Waals surface area contributed by atoms with Crippen molar-refractivity contribution in [1.29, 1.82) is 0 Å². The number of fused-ring (bicyclic) bond motifs is 2. The fourth-order valence-corrected chi connectivity index (χ4v) is 4.07. The summed E-state index contributed by atoms with van der Waals surface area (Å²) in [4.78, 5) is 12.6. The average molecular weight is 444 g/mol. The van der Waals surface area contributed by atoms with Crippen LogP contribution in [-0.2, 0) is 6.42 Å². The van der Waals surface area contributed by atoms with Gasteiger partial charge < -0.3 is 21.1 Å². The Morgan fingerprint density at radius 2 is 1.78 bits per heavy atom. The molecule has 0 aliphatic rings. The second kappa shape index (κ2) is 8.49. The molecule has 5 aromatic rings. The van der Waals surface area contributed by atoms with E-state index in [-0.39, 0.29) is 11.8 Å². The molecular weight excluding hydrogens is 422 g/mol. The van der Waals surface area contributed by atoms with Crippen molar-refractivity contribution in [3.05, 3.63) is 83.5 Å². The quantitative estimate of drug-likeness (QED) is 0.292. The summed E-state index contributed by atoms with van der Waals surface area (Å²) in [5.74, 6) is 1.14. The Morgan fingerprint density at radius 3 is 2.66 bits per heavy atom. The van der Waals surface area contributed by atoms with E-state index in [1.807, 2.05) is 42.6 Å². The number of phenols is 1. The summed E-state index contributed by atoms with van der Waals surface area (Å²) in [5, 5.41) is 16.3. The molecule has 0 fully saturated rings. The SMILES string of the molecule is N[C@@H](CNc1nc(-c2cc(Cl)ccc2O)nc2ccccc12)Cc1c[nH]c2ccccc12. The lowest BCUT2D eigenvalue weighted by atomic mass is 10.1. The van der Waals surface area contributed by atoms with E-state index in [1.165, 1.54) is 10.9 Å². The fraction of sp³-hybridized carbons (Fsp3) is 0.120. The third-order valence-electron chi connectivity index (χ3n) is 5.49. The number of para-hydroxylation sites is 2. The molecule has 0 radical (unpaired) electrons. The summed E-state index contributed by atoms with van der Waals surface area (Å²) in [6.07, 6.45) is 2.74. The standard InChI is InChI=1S/C25H22ClN5O/c26-16-9-10-23(32)20(12-16)25-30-22-8-4-2-6-19(22)24(31-25)29-14-17(27)11-15-13-28-21-7-3-1-5-18(15)21/h1-10,12-13,17,28,32H,11,14,27H2,(H,29,30,31)/t17-/m1/s1. The molecule has 2 aromatic heterocycles. The zero-order chi connectivity index (χ0) is 22.1. The molecule has 5 N–H and O–H groups in total. The van der Waals surface area contributed by atoms with Crippen LogP contribution in [0.3, 0.4) is 0 Å². The number of aromatic amines is 1. The predicted octanol–water partition coefficient (Wildman–Crippen LogP) is 5.12. The number of phenolic OH excluding ortho intramolecular Hbond substituents is 1. The molecule has 32 heavy (non-hydrogen) atoms. The third kappa shape index (κ3) is 3.98. The summed E-state index contributed by atoms with van der Waals surface area (Å²) in [7, 11) is 0. The van der Waals surface area contributed by atoms with Crippen LogP contribution in [-0.4, -0.2) is 32.6 Å². The van der Waals surface area contributed by atoms with E-state index in [2.05, 4.69) is 32.4 Å². The smallest absolute Gasteiger partial charge is 0.165 e. The van der Waals surface area contributed by atoms with Gasteiger partial charge in [0.15, 0.2) is 5.82 Å². The highest BCUT2D eigenvalue weighted by atomic mass is 35.5. The maximum absolute atomic E-state index is 10.3. The molecule has 0 spiro atoms. The van der Waals surface area contributed by atoms with E-state index in [4.69, 9.17) is 17.3 Å². The predicted molar refractivity (Wildman–Crippen MR) is 130 cm³/mol. The van der Waals surface area contributed by atoms with Crippen molar-refractivity contribution in [3.63, 3.8) is 0 Å². The Kier molecular flexibility index (Phi) is 5.39. The summed E-state index contributed by atoms with van der Waals surface area (Å²) < 4.78 is 0. The van der Waals surface area contributed by atoms with Gasteiger partial charge in [-0.2, -0.15) is 0 Å². The second-order valence-corrected chi connectivity index (χ2v) is 8.22. The molecule has 0 aliphatic heterocycles. The Labute approximate surface area is 190 Å². The van der Waals surface area contributed by atoms with Crippen molar-refractivity contribution < 1.29 is 5.11 Å². The van der Waals surface area contributed by atoms with Crippen molar-refractivity contribution in [3.8, 4) is 17.1 Å². The zero-order valence-electron chi connectivity index (χ0n) is 17.2. The van der Waals surface area contributed by atoms with Crippen molar-refractivity contribution in [2.24, 2.45) is 5.73 Å². The van der Waals surface area contributed by atoms with Crippen LogP contribution < -0.4 is 11.1 Å². The van der Waals surface area contributed by atoms with Crippen LogP contribution >= 0.6 is 11.6 Å². The molecule has 3 aromatic carbocycles. The van der Waals surface area contributed by atoms with Gasteiger partial charge in [0.1, 0.15) is 11.6 Å². The van der Waals surface area contributed by atoms with E-state index in [9.17, 15) is 5.11 Å². The molecule has 0 amide bonds. The maximum Gasteiger partial charge on any atom is 0.165 e. The number of hydrogen-bond acceptors (Lipinski definition) is 5. The molecule has 160 valence electrons. The Morgan fingerprint density at radius 1 is 1.00 bits per heavy atom. The van der Waals surface area contributed by atoms with Gasteiger partial charge in [-0.15, -0.1) is 0 Å². The van der Waals surface area contributed by atoms with Crippen LogP contribution in [0.5, 0.6) is 5.75 Å². The number of H-pyrrole nitrogens is 1. The van der Waals surface area contributed by atoms with Crippen molar-refractivity contribution >= 4 is 39.2 Å². The molecule has 1 atom stereocenters. The van der Waals surface area contributed by atoms with Crippen LogP contribution in [0.15, 0.2) is 72.9 Å². The first kappa shape index (κ1) is 20.3. The molecule has 5 rings (SSSR count). The Balaban J connectivity index is 1.42. The molecule has 6 nitrogen and oxygen atoms in total. The van der Waals surface area contributed by atoms with Gasteiger partial charge in [0.2, 0.25) is 0 Å². The van der Waals surface area contributed by atoms with Gasteiger partial charge in [0.05, 0.1) is 11.1 Å². The first-order valence-electron chi connectivity index (χ1n) is 10.4. The largest absolute Gasteiger partial charge is 0.507 e. The highest BCUT2D eigenvalue weighted by molar-refractivity contribution is 6.30. The number of nitrogens with one attached hydrogen (secondary N) is 2. The molecule has 0 aliphatic carbocycles. The van der Waals surface area contributed by atoms with Gasteiger partial charge in [-0.1, -0.05) is 41.9 Å². The van der Waals surface area contributed by atoms with Crippen LogP contribution in [0.25, 0.3) is 33.2 Å². The number of benzene rings is 3. The Hall–Kier alpha value is -3.61. The molecular formula is C25H22ClN5O. The van der Waals surface area contributed by atoms with E-state index in [0.29, 0.717) is 28.8 Å². The lowest BCUT2D eigenvalue weighted by molar-refractivity contribution is 0.477. The number of rotatable bonds is 6. The minimum atomic E-state index is -0.119. The minimum Gasteiger partial charge on any atom is -0.507 e. The number of aromatic hydroxyl groups is 1. The monoisotopic (exact) mass is 443 g/mol. The third-order valence-corrected chi connectivity index (χ3v) is 5.73. The van der Waals surface area contributed by atoms with Gasteiger partial charge in [-0.05, 0) is 48.4 Å². The fourth-order valence-electron chi connectivity index (χ4n) is 3.90. The van der Waals surface area contributed by atoms with Gasteiger partial charge >= 0.3 is 0 Å². The number of hydrogen-bond donors (Lipinski definition) is 4.